The molecule has 0 radical (unpaired) electrons. The predicted molar refractivity (Wildman–Crippen MR) is 132 cm³/mol. The molecular weight excluding hydrogens is 430 g/mol. The molecule has 0 bridgehead atoms. The van der Waals surface area contributed by atoms with Crippen molar-refractivity contribution in [3.8, 4) is 11.5 Å². The minimum atomic E-state index is -0.437. The number of hydrogen-bond acceptors (Lipinski definition) is 4. The number of para-hydroxylation sites is 1. The zero-order chi connectivity index (χ0) is 24.1. The van der Waals surface area contributed by atoms with Crippen LogP contribution in [-0.4, -0.2) is 42.2 Å². The Morgan fingerprint density at radius 3 is 2.68 bits per heavy atom. The SMILES string of the molecule is COc1ccc(C[C@]2(CCC(=O)N[C@H](C)Cn3ccc4ccccc43)CCC(=O)N2)cc1OC. The molecule has 7 heteroatoms. The first-order chi connectivity index (χ1) is 16.4. The lowest BCUT2D eigenvalue weighted by Crippen LogP contribution is -2.45. The van der Waals surface area contributed by atoms with Gasteiger partial charge in [-0.05, 0) is 61.4 Å². The fraction of sp³-hybridized carbons (Fsp3) is 0.407. The number of hydrogen-bond donors (Lipinski definition) is 2. The molecule has 1 saturated heterocycles. The highest BCUT2D eigenvalue weighted by molar-refractivity contribution is 5.81. The van der Waals surface area contributed by atoms with Crippen molar-refractivity contribution < 1.29 is 19.1 Å². The smallest absolute Gasteiger partial charge is 0.220 e. The molecule has 7 nitrogen and oxygen atoms in total. The van der Waals surface area contributed by atoms with Crippen LogP contribution in [0.5, 0.6) is 11.5 Å². The number of ether oxygens (including phenoxy) is 2. The number of nitrogens with zero attached hydrogens (tertiary/aromatic N) is 1. The van der Waals surface area contributed by atoms with Gasteiger partial charge >= 0.3 is 0 Å². The Labute approximate surface area is 200 Å². The molecule has 34 heavy (non-hydrogen) atoms. The summed E-state index contributed by atoms with van der Waals surface area (Å²) in [7, 11) is 3.21. The van der Waals surface area contributed by atoms with Crippen molar-refractivity contribution in [2.75, 3.05) is 14.2 Å². The number of amides is 2. The van der Waals surface area contributed by atoms with E-state index in [1.165, 1.54) is 5.39 Å². The van der Waals surface area contributed by atoms with E-state index < -0.39 is 5.54 Å². The summed E-state index contributed by atoms with van der Waals surface area (Å²) in [6, 6.07) is 16.1. The number of aromatic nitrogens is 1. The lowest BCUT2D eigenvalue weighted by molar-refractivity contribution is -0.123. The van der Waals surface area contributed by atoms with Crippen LogP contribution < -0.4 is 20.1 Å². The molecule has 0 aliphatic carbocycles. The van der Waals surface area contributed by atoms with Gasteiger partial charge in [-0.2, -0.15) is 0 Å². The standard InChI is InChI=1S/C27H33N3O4/c1-19(18-30-15-12-21-6-4-5-7-22(21)30)28-25(31)10-13-27(14-11-26(32)29-27)17-20-8-9-23(33-2)24(16-20)34-3/h4-9,12,15-16,19H,10-11,13-14,17-18H2,1-3H3,(H,28,31)(H,29,32)/t19-,27+/m1/s1. The lowest BCUT2D eigenvalue weighted by Gasteiger charge is -2.30. The summed E-state index contributed by atoms with van der Waals surface area (Å²) in [4.78, 5) is 24.9. The second-order valence-corrected chi connectivity index (χ2v) is 9.19. The Kier molecular flexibility index (Phi) is 7.10. The topological polar surface area (TPSA) is 81.6 Å². The molecule has 0 saturated carbocycles. The quantitative estimate of drug-likeness (QED) is 0.479. The normalized spacial score (nSPS) is 18.5. The van der Waals surface area contributed by atoms with Crippen molar-refractivity contribution in [1.29, 1.82) is 0 Å². The number of fused-ring (bicyclic) bond motifs is 1. The van der Waals surface area contributed by atoms with Gasteiger partial charge in [0.15, 0.2) is 11.5 Å². The summed E-state index contributed by atoms with van der Waals surface area (Å²) in [5, 5.41) is 7.47. The third kappa shape index (κ3) is 5.35. The van der Waals surface area contributed by atoms with Crippen LogP contribution in [0.2, 0.25) is 0 Å². The largest absolute Gasteiger partial charge is 0.493 e. The Morgan fingerprint density at radius 1 is 1.15 bits per heavy atom. The molecule has 2 atom stereocenters. The molecule has 0 unspecified atom stereocenters. The van der Waals surface area contributed by atoms with E-state index in [0.29, 0.717) is 50.1 Å². The second-order valence-electron chi connectivity index (χ2n) is 9.19. The van der Waals surface area contributed by atoms with E-state index >= 15 is 0 Å². The highest BCUT2D eigenvalue weighted by Gasteiger charge is 2.38. The van der Waals surface area contributed by atoms with Gasteiger partial charge in [0.2, 0.25) is 11.8 Å². The fourth-order valence-electron chi connectivity index (χ4n) is 4.90. The number of nitrogens with one attached hydrogen (secondary N) is 2. The Balaban J connectivity index is 1.37. The molecular formula is C27H33N3O4. The number of carbonyl (C=O) groups excluding carboxylic acids is 2. The van der Waals surface area contributed by atoms with Gasteiger partial charge in [0, 0.05) is 42.7 Å². The first-order valence-corrected chi connectivity index (χ1v) is 11.8. The van der Waals surface area contributed by atoms with Gasteiger partial charge < -0.3 is 24.7 Å². The van der Waals surface area contributed by atoms with Gasteiger partial charge in [-0.1, -0.05) is 24.3 Å². The summed E-state index contributed by atoms with van der Waals surface area (Å²) in [5.41, 5.74) is 1.76. The van der Waals surface area contributed by atoms with Gasteiger partial charge in [-0.15, -0.1) is 0 Å². The highest BCUT2D eigenvalue weighted by Crippen LogP contribution is 2.33. The average molecular weight is 464 g/mol. The van der Waals surface area contributed by atoms with Gasteiger partial charge in [0.05, 0.1) is 14.2 Å². The molecule has 2 N–H and O–H groups in total. The summed E-state index contributed by atoms with van der Waals surface area (Å²) < 4.78 is 12.9. The third-order valence-electron chi connectivity index (χ3n) is 6.61. The maximum atomic E-state index is 12.8. The fourth-order valence-corrected chi connectivity index (χ4v) is 4.90. The van der Waals surface area contributed by atoms with Crippen LogP contribution in [0.25, 0.3) is 10.9 Å². The van der Waals surface area contributed by atoms with E-state index in [9.17, 15) is 9.59 Å². The van der Waals surface area contributed by atoms with Crippen molar-refractivity contribution in [2.24, 2.45) is 0 Å². The Hall–Kier alpha value is -3.48. The van der Waals surface area contributed by atoms with Crippen LogP contribution in [0.15, 0.2) is 54.7 Å². The highest BCUT2D eigenvalue weighted by atomic mass is 16.5. The molecule has 1 fully saturated rings. The van der Waals surface area contributed by atoms with Crippen molar-refractivity contribution in [3.63, 3.8) is 0 Å². The monoisotopic (exact) mass is 463 g/mol. The second kappa shape index (κ2) is 10.2. The minimum absolute atomic E-state index is 0.00297. The van der Waals surface area contributed by atoms with E-state index in [1.54, 1.807) is 14.2 Å². The van der Waals surface area contributed by atoms with Crippen molar-refractivity contribution in [2.45, 2.75) is 57.2 Å². The molecule has 2 amide bonds. The average Bonchev–Trinajstić information content (AvgIpc) is 3.41. The van der Waals surface area contributed by atoms with Crippen molar-refractivity contribution in [3.05, 3.63) is 60.3 Å². The Morgan fingerprint density at radius 2 is 1.94 bits per heavy atom. The third-order valence-corrected chi connectivity index (χ3v) is 6.61. The molecule has 1 aliphatic rings. The van der Waals surface area contributed by atoms with Crippen LogP contribution in [0.3, 0.4) is 0 Å². The lowest BCUT2D eigenvalue weighted by atomic mass is 9.84. The number of rotatable bonds is 10. The molecule has 1 aromatic heterocycles. The zero-order valence-electron chi connectivity index (χ0n) is 20.1. The molecule has 2 heterocycles. The van der Waals surface area contributed by atoms with Crippen LogP contribution in [0.4, 0.5) is 0 Å². The summed E-state index contributed by atoms with van der Waals surface area (Å²) >= 11 is 0. The zero-order valence-corrected chi connectivity index (χ0v) is 20.1. The number of methoxy groups -OCH3 is 2. The Bertz CT molecular complexity index is 1170. The molecule has 4 rings (SSSR count). The van der Waals surface area contributed by atoms with Gasteiger partial charge in [0.25, 0.3) is 0 Å². The summed E-state index contributed by atoms with van der Waals surface area (Å²) in [6.07, 6.45) is 4.81. The van der Waals surface area contributed by atoms with Crippen LogP contribution in [0.1, 0.15) is 38.2 Å². The maximum Gasteiger partial charge on any atom is 0.220 e. The van der Waals surface area contributed by atoms with Crippen LogP contribution in [0, 0.1) is 0 Å². The van der Waals surface area contributed by atoms with Gasteiger partial charge in [-0.25, -0.2) is 0 Å². The van der Waals surface area contributed by atoms with E-state index in [4.69, 9.17) is 9.47 Å². The molecule has 3 aromatic rings. The summed E-state index contributed by atoms with van der Waals surface area (Å²) in [6.45, 7) is 2.72. The van der Waals surface area contributed by atoms with Crippen molar-refractivity contribution >= 4 is 22.7 Å². The first-order valence-electron chi connectivity index (χ1n) is 11.8. The van der Waals surface area contributed by atoms with Crippen LogP contribution >= 0.6 is 0 Å². The van der Waals surface area contributed by atoms with E-state index in [2.05, 4.69) is 39.6 Å². The summed E-state index contributed by atoms with van der Waals surface area (Å²) in [5.74, 6) is 1.36. The van der Waals surface area contributed by atoms with E-state index in [0.717, 1.165) is 11.1 Å². The molecule has 2 aromatic carbocycles. The van der Waals surface area contributed by atoms with Crippen molar-refractivity contribution in [1.82, 2.24) is 15.2 Å². The first kappa shape index (κ1) is 23.7. The molecule has 0 spiro atoms. The molecule has 180 valence electrons. The number of benzene rings is 2. The van der Waals surface area contributed by atoms with Gasteiger partial charge in [0.1, 0.15) is 0 Å². The minimum Gasteiger partial charge on any atom is -0.493 e. The van der Waals surface area contributed by atoms with Crippen LogP contribution in [-0.2, 0) is 22.6 Å². The van der Waals surface area contributed by atoms with E-state index in [1.807, 2.05) is 37.3 Å². The predicted octanol–water partition coefficient (Wildman–Crippen LogP) is 3.83. The van der Waals surface area contributed by atoms with Gasteiger partial charge in [-0.3, -0.25) is 9.59 Å². The van der Waals surface area contributed by atoms with E-state index in [-0.39, 0.29) is 17.9 Å². The molecule has 1 aliphatic heterocycles. The maximum absolute atomic E-state index is 12.8. The number of carbonyl (C=O) groups is 2.